The highest BCUT2D eigenvalue weighted by Gasteiger charge is 2.33. The van der Waals surface area contributed by atoms with Crippen LogP contribution in [0.1, 0.15) is 38.1 Å². The molecule has 0 spiro atoms. The van der Waals surface area contributed by atoms with Crippen LogP contribution in [0.4, 0.5) is 0 Å². The minimum atomic E-state index is -0.682. The zero-order valence-corrected chi connectivity index (χ0v) is 23.5. The number of furan rings is 1. The fraction of sp³-hybridized carbons (Fsp3) is 0.207. The summed E-state index contributed by atoms with van der Waals surface area (Å²) in [5.41, 5.74) is 2.29. The smallest absolute Gasteiger partial charge is 0.338 e. The number of fused-ring (bicyclic) bond motifs is 1. The van der Waals surface area contributed by atoms with Crippen molar-refractivity contribution in [2.24, 2.45) is 4.99 Å². The summed E-state index contributed by atoms with van der Waals surface area (Å²) in [6.45, 7) is 6.19. The van der Waals surface area contributed by atoms with E-state index in [-0.39, 0.29) is 12.2 Å². The highest BCUT2D eigenvalue weighted by Crippen LogP contribution is 2.32. The van der Waals surface area contributed by atoms with Crippen LogP contribution in [0.5, 0.6) is 5.75 Å². The van der Waals surface area contributed by atoms with E-state index in [9.17, 15) is 9.59 Å². The molecule has 1 atom stereocenters. The number of benzene rings is 2. The van der Waals surface area contributed by atoms with Crippen LogP contribution >= 0.6 is 27.3 Å². The molecule has 38 heavy (non-hydrogen) atoms. The number of halogens is 1. The first-order chi connectivity index (χ1) is 18.4. The van der Waals surface area contributed by atoms with E-state index in [2.05, 4.69) is 20.9 Å². The van der Waals surface area contributed by atoms with Crippen LogP contribution in [-0.2, 0) is 9.53 Å². The lowest BCUT2D eigenvalue weighted by molar-refractivity contribution is -0.139. The number of allylic oxidation sites excluding steroid dienone is 1. The van der Waals surface area contributed by atoms with E-state index < -0.39 is 12.0 Å². The third-order valence-electron chi connectivity index (χ3n) is 6.05. The molecule has 4 aromatic rings. The molecule has 0 radical (unpaired) electrons. The van der Waals surface area contributed by atoms with Crippen molar-refractivity contribution >= 4 is 39.3 Å². The number of ether oxygens (including phenoxy) is 2. The second-order valence-corrected chi connectivity index (χ2v) is 10.4. The van der Waals surface area contributed by atoms with Gasteiger partial charge in [0.2, 0.25) is 0 Å². The summed E-state index contributed by atoms with van der Waals surface area (Å²) in [7, 11) is 0. The van der Waals surface area contributed by atoms with Gasteiger partial charge in [-0.05, 0) is 62.7 Å². The van der Waals surface area contributed by atoms with Crippen molar-refractivity contribution in [2.75, 3.05) is 13.2 Å². The second-order valence-electron chi connectivity index (χ2n) is 8.51. The van der Waals surface area contributed by atoms with Gasteiger partial charge in [0.1, 0.15) is 17.3 Å². The lowest BCUT2D eigenvalue weighted by atomic mass is 9.96. The normalized spacial score (nSPS) is 15.3. The molecule has 0 saturated carbocycles. The van der Waals surface area contributed by atoms with Crippen molar-refractivity contribution in [1.82, 2.24) is 4.57 Å². The third-order valence-corrected chi connectivity index (χ3v) is 7.56. The molecule has 3 heterocycles. The number of thiazole rings is 1. The molecule has 1 aliphatic rings. The lowest BCUT2D eigenvalue weighted by Gasteiger charge is -2.24. The summed E-state index contributed by atoms with van der Waals surface area (Å²) in [4.78, 5) is 31.9. The summed E-state index contributed by atoms with van der Waals surface area (Å²) >= 11 is 4.70. The molecule has 2 aromatic carbocycles. The second kappa shape index (κ2) is 11.0. The molecular formula is C29H25BrN2O5S. The van der Waals surface area contributed by atoms with Crippen LogP contribution < -0.4 is 19.6 Å². The fourth-order valence-corrected chi connectivity index (χ4v) is 5.64. The average molecular weight is 593 g/mol. The van der Waals surface area contributed by atoms with Crippen LogP contribution in [0, 0.1) is 0 Å². The van der Waals surface area contributed by atoms with Crippen LogP contribution in [-0.4, -0.2) is 23.8 Å². The predicted octanol–water partition coefficient (Wildman–Crippen LogP) is 5.22. The van der Waals surface area contributed by atoms with Crippen molar-refractivity contribution in [1.29, 1.82) is 0 Å². The molecule has 0 N–H and O–H groups in total. The van der Waals surface area contributed by atoms with E-state index in [0.717, 1.165) is 15.6 Å². The number of carbonyl (C=O) groups is 1. The van der Waals surface area contributed by atoms with Gasteiger partial charge in [0, 0.05) is 16.1 Å². The molecule has 0 unspecified atom stereocenters. The molecule has 194 valence electrons. The van der Waals surface area contributed by atoms with Gasteiger partial charge >= 0.3 is 5.97 Å². The first-order valence-electron chi connectivity index (χ1n) is 12.2. The Kier molecular flexibility index (Phi) is 7.49. The van der Waals surface area contributed by atoms with Crippen LogP contribution in [0.2, 0.25) is 0 Å². The van der Waals surface area contributed by atoms with Crippen molar-refractivity contribution < 1.29 is 18.7 Å². The van der Waals surface area contributed by atoms with Gasteiger partial charge in [-0.25, -0.2) is 9.79 Å². The zero-order chi connectivity index (χ0) is 26.8. The Hall–Kier alpha value is -3.69. The topological polar surface area (TPSA) is 83.0 Å². The number of nitrogens with zero attached hydrogens (tertiary/aromatic N) is 2. The highest BCUT2D eigenvalue weighted by atomic mass is 79.9. The largest absolute Gasteiger partial charge is 0.494 e. The van der Waals surface area contributed by atoms with Gasteiger partial charge in [-0.1, -0.05) is 51.5 Å². The number of aromatic nitrogens is 1. The number of esters is 1. The van der Waals surface area contributed by atoms with Crippen molar-refractivity contribution in [3.8, 4) is 17.1 Å². The summed E-state index contributed by atoms with van der Waals surface area (Å²) in [5, 5.41) is 0. The molecule has 0 bridgehead atoms. The summed E-state index contributed by atoms with van der Waals surface area (Å²) in [6.07, 6.45) is 1.71. The first-order valence-corrected chi connectivity index (χ1v) is 13.8. The SMILES string of the molecule is CCOC(=O)C1=C(C)N=c2s/c(=C\c3ccc(-c4ccc(Br)cc4)o3)c(=O)n2[C@@H]1c1ccc(OCC)cc1. The van der Waals surface area contributed by atoms with E-state index in [1.54, 1.807) is 24.5 Å². The van der Waals surface area contributed by atoms with Crippen LogP contribution in [0.15, 0.2) is 90.6 Å². The molecule has 1 aliphatic heterocycles. The van der Waals surface area contributed by atoms with Gasteiger partial charge in [0.25, 0.3) is 5.56 Å². The molecule has 7 nitrogen and oxygen atoms in total. The Morgan fingerprint density at radius 3 is 2.50 bits per heavy atom. The quantitative estimate of drug-likeness (QED) is 0.275. The average Bonchev–Trinajstić information content (AvgIpc) is 3.49. The Morgan fingerprint density at radius 1 is 1.08 bits per heavy atom. The maximum atomic E-state index is 13.8. The van der Waals surface area contributed by atoms with Gasteiger partial charge in [-0.2, -0.15) is 0 Å². The van der Waals surface area contributed by atoms with Crippen LogP contribution in [0.3, 0.4) is 0 Å². The molecule has 0 aliphatic carbocycles. The number of carbonyl (C=O) groups excluding carboxylic acids is 1. The van der Waals surface area contributed by atoms with E-state index in [1.165, 1.54) is 11.3 Å². The maximum Gasteiger partial charge on any atom is 0.338 e. The van der Waals surface area contributed by atoms with Crippen molar-refractivity contribution in [3.05, 3.63) is 107 Å². The Morgan fingerprint density at radius 2 is 1.82 bits per heavy atom. The predicted molar refractivity (Wildman–Crippen MR) is 150 cm³/mol. The van der Waals surface area contributed by atoms with Crippen LogP contribution in [0.25, 0.3) is 17.4 Å². The van der Waals surface area contributed by atoms with Gasteiger partial charge < -0.3 is 13.9 Å². The molecule has 0 amide bonds. The van der Waals surface area contributed by atoms with Gasteiger partial charge in [-0.15, -0.1) is 0 Å². The van der Waals surface area contributed by atoms with Crippen molar-refractivity contribution in [3.63, 3.8) is 0 Å². The summed E-state index contributed by atoms with van der Waals surface area (Å²) in [6, 6.07) is 18.2. The van der Waals surface area contributed by atoms with Crippen molar-refractivity contribution in [2.45, 2.75) is 26.8 Å². The molecule has 0 fully saturated rings. The van der Waals surface area contributed by atoms with Gasteiger partial charge in [-0.3, -0.25) is 9.36 Å². The maximum absolute atomic E-state index is 13.8. The lowest BCUT2D eigenvalue weighted by Crippen LogP contribution is -2.39. The zero-order valence-electron chi connectivity index (χ0n) is 21.1. The standard InChI is InChI=1S/C29H25BrN2O5S/c1-4-35-21-12-8-19(9-13-21)26-25(28(34)36-5-2)17(3)31-29-32(26)27(33)24(38-29)16-22-14-15-23(37-22)18-6-10-20(30)11-7-18/h6-16,26H,4-5H2,1-3H3/b24-16-/t26-/m1/s1. The third kappa shape index (κ3) is 5.04. The summed E-state index contributed by atoms with van der Waals surface area (Å²) in [5.74, 6) is 1.46. The number of hydrogen-bond donors (Lipinski definition) is 0. The fourth-order valence-electron chi connectivity index (χ4n) is 4.35. The van der Waals surface area contributed by atoms with E-state index >= 15 is 0 Å². The first kappa shape index (κ1) is 25.9. The van der Waals surface area contributed by atoms with Gasteiger partial charge in [0.15, 0.2) is 4.80 Å². The van der Waals surface area contributed by atoms with E-state index in [0.29, 0.717) is 44.5 Å². The number of hydrogen-bond acceptors (Lipinski definition) is 7. The number of rotatable bonds is 7. The molecule has 0 saturated heterocycles. The van der Waals surface area contributed by atoms with E-state index in [4.69, 9.17) is 13.9 Å². The molecular weight excluding hydrogens is 568 g/mol. The Balaban J connectivity index is 1.61. The summed E-state index contributed by atoms with van der Waals surface area (Å²) < 4.78 is 19.9. The Bertz CT molecular complexity index is 1700. The highest BCUT2D eigenvalue weighted by molar-refractivity contribution is 9.10. The molecule has 2 aromatic heterocycles. The molecule has 5 rings (SSSR count). The van der Waals surface area contributed by atoms with E-state index in [1.807, 2.05) is 67.6 Å². The minimum Gasteiger partial charge on any atom is -0.494 e. The van der Waals surface area contributed by atoms with Gasteiger partial charge in [0.05, 0.1) is 35.1 Å². The minimum absolute atomic E-state index is 0.217. The Labute approximate surface area is 231 Å². The monoisotopic (exact) mass is 592 g/mol. The molecule has 9 heteroatoms.